The molecule has 1 aromatic heterocycles. The summed E-state index contributed by atoms with van der Waals surface area (Å²) in [6.45, 7) is 9.26. The van der Waals surface area contributed by atoms with Crippen molar-refractivity contribution in [2.24, 2.45) is 17.8 Å². The van der Waals surface area contributed by atoms with Crippen LogP contribution in [-0.4, -0.2) is 58.6 Å². The lowest BCUT2D eigenvalue weighted by molar-refractivity contribution is 0.0371. The number of amides is 1. The van der Waals surface area contributed by atoms with E-state index in [1.165, 1.54) is 19.3 Å². The van der Waals surface area contributed by atoms with E-state index in [1.807, 2.05) is 11.1 Å². The van der Waals surface area contributed by atoms with E-state index in [0.717, 1.165) is 38.4 Å². The first kappa shape index (κ1) is 17.3. The van der Waals surface area contributed by atoms with E-state index in [-0.39, 0.29) is 6.09 Å². The second-order valence-electron chi connectivity index (χ2n) is 7.47. The summed E-state index contributed by atoms with van der Waals surface area (Å²) in [6, 6.07) is 0. The topological polar surface area (TPSA) is 61.5 Å². The summed E-state index contributed by atoms with van der Waals surface area (Å²) in [5.74, 6) is 1.84. The Labute approximate surface area is 144 Å². The third-order valence-corrected chi connectivity index (χ3v) is 5.76. The van der Waals surface area contributed by atoms with Gasteiger partial charge in [0.2, 0.25) is 0 Å². The van der Waals surface area contributed by atoms with Crippen LogP contribution in [0.4, 0.5) is 4.79 Å². The number of piperazine rings is 1. The maximum absolute atomic E-state index is 12.3. The number of hydrogen-bond acceptors (Lipinski definition) is 4. The molecule has 0 radical (unpaired) electrons. The number of ether oxygens (including phenoxy) is 1. The van der Waals surface area contributed by atoms with Gasteiger partial charge < -0.3 is 14.6 Å². The molecule has 1 saturated carbocycles. The van der Waals surface area contributed by atoms with Gasteiger partial charge in [-0.3, -0.25) is 4.90 Å². The SMILES string of the molecule is CC1CCCC(C)C1COC(=O)N1CCN(Cc2cnc[nH]2)CC1. The number of carbonyl (C=O) groups is 1. The molecule has 1 saturated heterocycles. The van der Waals surface area contributed by atoms with Crippen molar-refractivity contribution in [3.8, 4) is 0 Å². The summed E-state index contributed by atoms with van der Waals surface area (Å²) in [4.78, 5) is 23.7. The van der Waals surface area contributed by atoms with Crippen LogP contribution in [0.2, 0.25) is 0 Å². The van der Waals surface area contributed by atoms with Gasteiger partial charge in [0, 0.05) is 44.6 Å². The van der Waals surface area contributed by atoms with Crippen molar-refractivity contribution in [1.29, 1.82) is 0 Å². The summed E-state index contributed by atoms with van der Waals surface area (Å²) in [5, 5.41) is 0. The fraction of sp³-hybridized carbons (Fsp3) is 0.778. The minimum atomic E-state index is -0.138. The van der Waals surface area contributed by atoms with Crippen LogP contribution in [0.15, 0.2) is 12.5 Å². The molecule has 2 aliphatic rings. The number of H-pyrrole nitrogens is 1. The average Bonchev–Trinajstić information content (AvgIpc) is 3.08. The molecule has 0 aromatic carbocycles. The Morgan fingerprint density at radius 3 is 2.58 bits per heavy atom. The van der Waals surface area contributed by atoms with Crippen LogP contribution in [0, 0.1) is 17.8 Å². The molecule has 0 spiro atoms. The normalized spacial score (nSPS) is 28.8. The van der Waals surface area contributed by atoms with Crippen LogP contribution in [-0.2, 0) is 11.3 Å². The fourth-order valence-corrected chi connectivity index (χ4v) is 4.04. The van der Waals surface area contributed by atoms with Gasteiger partial charge in [0.25, 0.3) is 0 Å². The van der Waals surface area contributed by atoms with Crippen LogP contribution < -0.4 is 0 Å². The van der Waals surface area contributed by atoms with Crippen molar-refractivity contribution < 1.29 is 9.53 Å². The van der Waals surface area contributed by atoms with Gasteiger partial charge in [-0.25, -0.2) is 9.78 Å². The Morgan fingerprint density at radius 1 is 1.25 bits per heavy atom. The van der Waals surface area contributed by atoms with Crippen LogP contribution in [0.3, 0.4) is 0 Å². The fourth-order valence-electron chi connectivity index (χ4n) is 4.04. The predicted octanol–water partition coefficient (Wildman–Crippen LogP) is 2.74. The minimum absolute atomic E-state index is 0.138. The number of carbonyl (C=O) groups excluding carboxylic acids is 1. The summed E-state index contributed by atoms with van der Waals surface area (Å²) >= 11 is 0. The molecule has 24 heavy (non-hydrogen) atoms. The van der Waals surface area contributed by atoms with Crippen molar-refractivity contribution >= 4 is 6.09 Å². The highest BCUT2D eigenvalue weighted by Crippen LogP contribution is 2.34. The molecule has 1 amide bonds. The molecule has 134 valence electrons. The molecule has 1 aliphatic carbocycles. The Kier molecular flexibility index (Phi) is 5.76. The third kappa shape index (κ3) is 4.29. The molecule has 0 bridgehead atoms. The zero-order valence-corrected chi connectivity index (χ0v) is 14.9. The summed E-state index contributed by atoms with van der Waals surface area (Å²) < 4.78 is 5.66. The number of aromatic nitrogens is 2. The quantitative estimate of drug-likeness (QED) is 0.920. The maximum Gasteiger partial charge on any atom is 0.409 e. The van der Waals surface area contributed by atoms with Crippen LogP contribution in [0.25, 0.3) is 0 Å². The maximum atomic E-state index is 12.3. The number of rotatable bonds is 4. The number of nitrogens with zero attached hydrogens (tertiary/aromatic N) is 3. The molecule has 2 atom stereocenters. The average molecular weight is 334 g/mol. The number of imidazole rings is 1. The lowest BCUT2D eigenvalue weighted by Crippen LogP contribution is -2.48. The van der Waals surface area contributed by atoms with Gasteiger partial charge >= 0.3 is 6.09 Å². The van der Waals surface area contributed by atoms with Crippen LogP contribution in [0.1, 0.15) is 38.8 Å². The largest absolute Gasteiger partial charge is 0.449 e. The number of hydrogen-bond donors (Lipinski definition) is 1. The Morgan fingerprint density at radius 2 is 1.96 bits per heavy atom. The van der Waals surface area contributed by atoms with Gasteiger partial charge in [-0.05, 0) is 17.8 Å². The van der Waals surface area contributed by atoms with E-state index < -0.39 is 0 Å². The van der Waals surface area contributed by atoms with Crippen molar-refractivity contribution in [3.05, 3.63) is 18.2 Å². The lowest BCUT2D eigenvalue weighted by Gasteiger charge is -2.36. The molecule has 2 heterocycles. The zero-order chi connectivity index (χ0) is 16.9. The molecule has 1 aromatic rings. The lowest BCUT2D eigenvalue weighted by atomic mass is 9.74. The molecule has 1 N–H and O–H groups in total. The molecule has 1 aliphatic heterocycles. The molecular formula is C18H30N4O2. The van der Waals surface area contributed by atoms with Gasteiger partial charge in [-0.15, -0.1) is 0 Å². The van der Waals surface area contributed by atoms with Gasteiger partial charge in [0.15, 0.2) is 0 Å². The molecule has 6 heteroatoms. The highest BCUT2D eigenvalue weighted by Gasteiger charge is 2.30. The minimum Gasteiger partial charge on any atom is -0.449 e. The first-order valence-corrected chi connectivity index (χ1v) is 9.25. The smallest absolute Gasteiger partial charge is 0.409 e. The number of aromatic amines is 1. The summed E-state index contributed by atoms with van der Waals surface area (Å²) in [7, 11) is 0. The van der Waals surface area contributed by atoms with Crippen LogP contribution >= 0.6 is 0 Å². The van der Waals surface area contributed by atoms with Gasteiger partial charge in [-0.1, -0.05) is 33.1 Å². The Balaban J connectivity index is 1.40. The van der Waals surface area contributed by atoms with Gasteiger partial charge in [0.1, 0.15) is 0 Å². The Bertz CT molecular complexity index is 501. The third-order valence-electron chi connectivity index (χ3n) is 5.76. The van der Waals surface area contributed by atoms with E-state index in [1.54, 1.807) is 6.33 Å². The number of nitrogens with one attached hydrogen (secondary N) is 1. The molecule has 3 rings (SSSR count). The molecule has 2 unspecified atom stereocenters. The standard InChI is InChI=1S/C18H30N4O2/c1-14-4-3-5-15(2)17(14)12-24-18(23)22-8-6-21(7-9-22)11-16-10-19-13-20-16/h10,13-15,17H,3-9,11-12H2,1-2H3,(H,19,20). The molecule has 2 fully saturated rings. The van der Waals surface area contributed by atoms with Crippen molar-refractivity contribution in [2.45, 2.75) is 39.7 Å². The monoisotopic (exact) mass is 334 g/mol. The first-order chi connectivity index (χ1) is 11.6. The van der Waals surface area contributed by atoms with E-state index in [4.69, 9.17) is 4.74 Å². The van der Waals surface area contributed by atoms with Crippen molar-refractivity contribution in [1.82, 2.24) is 19.8 Å². The predicted molar refractivity (Wildman–Crippen MR) is 92.5 cm³/mol. The van der Waals surface area contributed by atoms with E-state index >= 15 is 0 Å². The highest BCUT2D eigenvalue weighted by atomic mass is 16.6. The summed E-state index contributed by atoms with van der Waals surface area (Å²) in [6.07, 6.45) is 7.26. The first-order valence-electron chi connectivity index (χ1n) is 9.25. The zero-order valence-electron chi connectivity index (χ0n) is 14.9. The van der Waals surface area contributed by atoms with E-state index in [0.29, 0.717) is 24.4 Å². The van der Waals surface area contributed by atoms with E-state index in [2.05, 4.69) is 28.7 Å². The van der Waals surface area contributed by atoms with Gasteiger partial charge in [-0.2, -0.15) is 0 Å². The van der Waals surface area contributed by atoms with Gasteiger partial charge in [0.05, 0.1) is 12.9 Å². The second-order valence-corrected chi connectivity index (χ2v) is 7.47. The van der Waals surface area contributed by atoms with Crippen LogP contribution in [0.5, 0.6) is 0 Å². The van der Waals surface area contributed by atoms with E-state index in [9.17, 15) is 4.79 Å². The van der Waals surface area contributed by atoms with Crippen molar-refractivity contribution in [3.63, 3.8) is 0 Å². The van der Waals surface area contributed by atoms with Crippen molar-refractivity contribution in [2.75, 3.05) is 32.8 Å². The molecular weight excluding hydrogens is 304 g/mol. The second kappa shape index (κ2) is 8.01. The summed E-state index contributed by atoms with van der Waals surface area (Å²) in [5.41, 5.74) is 1.12. The highest BCUT2D eigenvalue weighted by molar-refractivity contribution is 5.67. The molecule has 6 nitrogen and oxygen atoms in total. The Hall–Kier alpha value is -1.56.